The smallest absolute Gasteiger partial charge is 0.168 e. The number of ketones is 1. The first-order valence-corrected chi connectivity index (χ1v) is 6.18. The van der Waals surface area contributed by atoms with Gasteiger partial charge in [0.25, 0.3) is 0 Å². The summed E-state index contributed by atoms with van der Waals surface area (Å²) < 4.78 is 0. The van der Waals surface area contributed by atoms with E-state index in [2.05, 4.69) is 18.8 Å². The molecule has 0 saturated heterocycles. The Morgan fingerprint density at radius 3 is 2.82 bits per heavy atom. The Bertz CT molecular complexity index is 612. The highest BCUT2D eigenvalue weighted by atomic mass is 35.5. The Morgan fingerprint density at radius 1 is 1.47 bits per heavy atom. The van der Waals surface area contributed by atoms with Crippen LogP contribution in [-0.4, -0.2) is 10.8 Å². The Balaban J connectivity index is 2.04. The number of carbonyl (C=O) groups excluding carboxylic acids is 1. The minimum atomic E-state index is 0.174. The maximum atomic E-state index is 12.3. The van der Waals surface area contributed by atoms with E-state index >= 15 is 0 Å². The zero-order valence-corrected chi connectivity index (χ0v) is 10.6. The third-order valence-electron chi connectivity index (χ3n) is 3.74. The van der Waals surface area contributed by atoms with E-state index < -0.39 is 0 Å². The number of hydrogen-bond donors (Lipinski definition) is 1. The number of fused-ring (bicyclic) bond motifs is 1. The van der Waals surface area contributed by atoms with Crippen LogP contribution in [0.25, 0.3) is 10.9 Å². The molecule has 1 fully saturated rings. The second-order valence-electron chi connectivity index (χ2n) is 5.50. The Labute approximate surface area is 105 Å². The van der Waals surface area contributed by atoms with E-state index in [-0.39, 0.29) is 17.1 Å². The average molecular weight is 248 g/mol. The van der Waals surface area contributed by atoms with Crippen molar-refractivity contribution in [3.05, 3.63) is 35.0 Å². The molecule has 3 heteroatoms. The molecule has 3 rings (SSSR count). The van der Waals surface area contributed by atoms with Gasteiger partial charge in [-0.2, -0.15) is 0 Å². The first-order valence-electron chi connectivity index (χ1n) is 5.80. The molecule has 2 aromatic rings. The molecule has 0 amide bonds. The maximum absolute atomic E-state index is 12.3. The number of carbonyl (C=O) groups is 1. The molecule has 1 unspecified atom stereocenters. The van der Waals surface area contributed by atoms with Gasteiger partial charge in [-0.25, -0.2) is 0 Å². The van der Waals surface area contributed by atoms with Gasteiger partial charge in [-0.05, 0) is 24.0 Å². The zero-order valence-electron chi connectivity index (χ0n) is 9.88. The van der Waals surface area contributed by atoms with Crippen molar-refractivity contribution >= 4 is 28.3 Å². The van der Waals surface area contributed by atoms with Crippen molar-refractivity contribution < 1.29 is 4.79 Å². The van der Waals surface area contributed by atoms with Crippen LogP contribution in [-0.2, 0) is 0 Å². The molecular formula is C14H14ClNO. The molecule has 0 bridgehead atoms. The van der Waals surface area contributed by atoms with Crippen molar-refractivity contribution in [2.45, 2.75) is 20.3 Å². The predicted molar refractivity (Wildman–Crippen MR) is 69.5 cm³/mol. The quantitative estimate of drug-likeness (QED) is 0.798. The summed E-state index contributed by atoms with van der Waals surface area (Å²) in [6.45, 7) is 4.28. The topological polar surface area (TPSA) is 32.9 Å². The van der Waals surface area contributed by atoms with E-state index in [0.717, 1.165) is 22.9 Å². The van der Waals surface area contributed by atoms with E-state index in [1.807, 2.05) is 18.2 Å². The number of aromatic amines is 1. The molecule has 1 aliphatic rings. The van der Waals surface area contributed by atoms with Crippen molar-refractivity contribution in [2.24, 2.45) is 11.3 Å². The van der Waals surface area contributed by atoms with Crippen molar-refractivity contribution in [1.29, 1.82) is 0 Å². The van der Waals surface area contributed by atoms with Gasteiger partial charge in [-0.3, -0.25) is 4.79 Å². The van der Waals surface area contributed by atoms with Crippen molar-refractivity contribution in [3.63, 3.8) is 0 Å². The molecule has 1 N–H and O–H groups in total. The molecule has 1 aromatic heterocycles. The minimum absolute atomic E-state index is 0.174. The molecule has 0 radical (unpaired) electrons. The van der Waals surface area contributed by atoms with Crippen LogP contribution in [0.3, 0.4) is 0 Å². The molecule has 1 aromatic carbocycles. The molecule has 2 nitrogen and oxygen atoms in total. The molecule has 0 spiro atoms. The first-order chi connectivity index (χ1) is 7.99. The number of aromatic nitrogens is 1. The van der Waals surface area contributed by atoms with Crippen LogP contribution < -0.4 is 0 Å². The molecule has 1 atom stereocenters. The summed E-state index contributed by atoms with van der Waals surface area (Å²) in [6, 6.07) is 5.59. The van der Waals surface area contributed by atoms with Crippen LogP contribution >= 0.6 is 11.6 Å². The summed E-state index contributed by atoms with van der Waals surface area (Å²) >= 11 is 5.92. The van der Waals surface area contributed by atoms with E-state index in [0.29, 0.717) is 5.02 Å². The lowest BCUT2D eigenvalue weighted by molar-refractivity contribution is 0.0955. The maximum Gasteiger partial charge on any atom is 0.168 e. The summed E-state index contributed by atoms with van der Waals surface area (Å²) in [4.78, 5) is 15.4. The third kappa shape index (κ3) is 1.67. The molecule has 17 heavy (non-hydrogen) atoms. The minimum Gasteiger partial charge on any atom is -0.360 e. The van der Waals surface area contributed by atoms with Crippen molar-refractivity contribution in [1.82, 2.24) is 4.98 Å². The van der Waals surface area contributed by atoms with Gasteiger partial charge in [0.05, 0.1) is 0 Å². The van der Waals surface area contributed by atoms with Crippen LogP contribution in [0.2, 0.25) is 5.02 Å². The van der Waals surface area contributed by atoms with Gasteiger partial charge in [0, 0.05) is 33.6 Å². The number of Topliss-reactive ketones (excluding diaryl/α,β-unsaturated/α-hetero) is 1. The van der Waals surface area contributed by atoms with E-state index in [1.165, 1.54) is 0 Å². The summed E-state index contributed by atoms with van der Waals surface area (Å²) in [6.07, 6.45) is 2.80. The van der Waals surface area contributed by atoms with Crippen molar-refractivity contribution in [3.8, 4) is 0 Å². The van der Waals surface area contributed by atoms with Crippen molar-refractivity contribution in [2.75, 3.05) is 0 Å². The number of hydrogen-bond acceptors (Lipinski definition) is 1. The fraction of sp³-hybridized carbons (Fsp3) is 0.357. The van der Waals surface area contributed by atoms with Gasteiger partial charge in [-0.15, -0.1) is 0 Å². The summed E-state index contributed by atoms with van der Waals surface area (Å²) in [5.41, 5.74) is 1.90. The van der Waals surface area contributed by atoms with Gasteiger partial charge in [0.2, 0.25) is 0 Å². The fourth-order valence-corrected chi connectivity index (χ4v) is 2.58. The number of benzene rings is 1. The van der Waals surface area contributed by atoms with Gasteiger partial charge in [0.15, 0.2) is 5.78 Å². The van der Waals surface area contributed by atoms with Crippen LogP contribution in [0.15, 0.2) is 24.4 Å². The largest absolute Gasteiger partial charge is 0.360 e. The zero-order chi connectivity index (χ0) is 12.2. The summed E-state index contributed by atoms with van der Waals surface area (Å²) in [5.74, 6) is 0.431. The first kappa shape index (κ1) is 10.8. The fourth-order valence-electron chi connectivity index (χ4n) is 2.40. The van der Waals surface area contributed by atoms with Gasteiger partial charge in [0.1, 0.15) is 0 Å². The Hall–Kier alpha value is -1.28. The monoisotopic (exact) mass is 247 g/mol. The molecule has 88 valence electrons. The lowest BCUT2D eigenvalue weighted by atomic mass is 10.0. The standard InChI is InChI=1S/C14H14ClNO/c1-14(2)6-11(14)13(17)10-7-16-12-5-8(15)3-4-9(10)12/h3-5,7,11,16H,6H2,1-2H3. The van der Waals surface area contributed by atoms with E-state index in [9.17, 15) is 4.79 Å². The van der Waals surface area contributed by atoms with Crippen LogP contribution in [0, 0.1) is 11.3 Å². The van der Waals surface area contributed by atoms with Crippen LogP contribution in [0.4, 0.5) is 0 Å². The lowest BCUT2D eigenvalue weighted by Crippen LogP contribution is -2.05. The summed E-state index contributed by atoms with van der Waals surface area (Å²) in [7, 11) is 0. The van der Waals surface area contributed by atoms with Gasteiger partial charge >= 0.3 is 0 Å². The third-order valence-corrected chi connectivity index (χ3v) is 3.97. The van der Waals surface area contributed by atoms with E-state index in [4.69, 9.17) is 11.6 Å². The second-order valence-corrected chi connectivity index (χ2v) is 5.94. The van der Waals surface area contributed by atoms with Crippen LogP contribution in [0.5, 0.6) is 0 Å². The highest BCUT2D eigenvalue weighted by Crippen LogP contribution is 2.53. The molecule has 1 saturated carbocycles. The SMILES string of the molecule is CC1(C)CC1C(=O)c1c[nH]c2cc(Cl)ccc12. The Kier molecular flexibility index (Phi) is 2.14. The highest BCUT2D eigenvalue weighted by Gasteiger charge is 2.50. The number of nitrogens with one attached hydrogen (secondary N) is 1. The van der Waals surface area contributed by atoms with Crippen LogP contribution in [0.1, 0.15) is 30.6 Å². The molecule has 1 heterocycles. The molecule has 0 aliphatic heterocycles. The average Bonchev–Trinajstić information content (AvgIpc) is 2.72. The molecule has 1 aliphatic carbocycles. The predicted octanol–water partition coefficient (Wildman–Crippen LogP) is 4.05. The molecular weight excluding hydrogens is 234 g/mol. The highest BCUT2D eigenvalue weighted by molar-refractivity contribution is 6.31. The normalized spacial score (nSPS) is 21.7. The number of halogens is 1. The lowest BCUT2D eigenvalue weighted by Gasteiger charge is -2.01. The Morgan fingerprint density at radius 2 is 2.18 bits per heavy atom. The summed E-state index contributed by atoms with van der Waals surface area (Å²) in [5, 5.41) is 1.66. The number of rotatable bonds is 2. The second kappa shape index (κ2) is 3.36. The van der Waals surface area contributed by atoms with E-state index in [1.54, 1.807) is 6.20 Å². The van der Waals surface area contributed by atoms with Gasteiger partial charge < -0.3 is 4.98 Å². The number of H-pyrrole nitrogens is 1. The van der Waals surface area contributed by atoms with Gasteiger partial charge in [-0.1, -0.05) is 31.5 Å².